The molecule has 160 valence electrons. The summed E-state index contributed by atoms with van der Waals surface area (Å²) in [4.78, 5) is 29.8. The SMILES string of the molecule is Cc1cccc(N2CCN(C(=O)C3CCC(C(=O)NCC(C)C)CC3)CC2)c1C. The molecule has 0 atom stereocenters. The molecule has 1 N–H and O–H groups in total. The average Bonchev–Trinajstić information content (AvgIpc) is 2.73. The van der Waals surface area contributed by atoms with Crippen molar-refractivity contribution in [1.82, 2.24) is 10.2 Å². The van der Waals surface area contributed by atoms with Crippen molar-refractivity contribution >= 4 is 17.5 Å². The van der Waals surface area contributed by atoms with Gasteiger partial charge in [-0.25, -0.2) is 0 Å². The van der Waals surface area contributed by atoms with Crippen LogP contribution in [0.2, 0.25) is 0 Å². The van der Waals surface area contributed by atoms with Gasteiger partial charge in [-0.2, -0.15) is 0 Å². The summed E-state index contributed by atoms with van der Waals surface area (Å²) in [6.45, 7) is 12.7. The number of hydrogen-bond acceptors (Lipinski definition) is 3. The van der Waals surface area contributed by atoms with Gasteiger partial charge in [0.1, 0.15) is 0 Å². The van der Waals surface area contributed by atoms with Crippen molar-refractivity contribution in [3.63, 3.8) is 0 Å². The van der Waals surface area contributed by atoms with E-state index in [0.29, 0.717) is 11.8 Å². The van der Waals surface area contributed by atoms with Crippen molar-refractivity contribution < 1.29 is 9.59 Å². The molecule has 0 radical (unpaired) electrons. The van der Waals surface area contributed by atoms with Crippen LogP contribution in [0.4, 0.5) is 5.69 Å². The molecular weight excluding hydrogens is 362 g/mol. The summed E-state index contributed by atoms with van der Waals surface area (Å²) in [5.41, 5.74) is 3.95. The number of hydrogen-bond donors (Lipinski definition) is 1. The van der Waals surface area contributed by atoms with Gasteiger partial charge < -0.3 is 15.1 Å². The van der Waals surface area contributed by atoms with E-state index in [9.17, 15) is 9.59 Å². The van der Waals surface area contributed by atoms with Gasteiger partial charge in [-0.05, 0) is 62.6 Å². The Morgan fingerprint density at radius 2 is 1.62 bits per heavy atom. The van der Waals surface area contributed by atoms with E-state index in [1.165, 1.54) is 16.8 Å². The maximum Gasteiger partial charge on any atom is 0.225 e. The van der Waals surface area contributed by atoms with Crippen LogP contribution in [0.15, 0.2) is 18.2 Å². The minimum Gasteiger partial charge on any atom is -0.368 e. The largest absolute Gasteiger partial charge is 0.368 e. The smallest absolute Gasteiger partial charge is 0.225 e. The Hall–Kier alpha value is -2.04. The van der Waals surface area contributed by atoms with E-state index in [0.717, 1.165) is 58.4 Å². The van der Waals surface area contributed by atoms with Crippen LogP contribution in [0.1, 0.15) is 50.7 Å². The minimum atomic E-state index is 0.0824. The fraction of sp³-hybridized carbons (Fsp3) is 0.667. The molecule has 2 aliphatic rings. The standard InChI is InChI=1S/C24H37N3O2/c1-17(2)16-25-23(28)20-8-10-21(11-9-20)24(29)27-14-12-26(13-15-27)22-7-5-6-18(3)19(22)4/h5-7,17,20-21H,8-16H2,1-4H3,(H,25,28). The van der Waals surface area contributed by atoms with E-state index < -0.39 is 0 Å². The normalized spacial score (nSPS) is 22.7. The van der Waals surface area contributed by atoms with Crippen LogP contribution < -0.4 is 10.2 Å². The Labute approximate surface area is 175 Å². The molecule has 1 aliphatic carbocycles. The highest BCUT2D eigenvalue weighted by Gasteiger charge is 2.33. The minimum absolute atomic E-state index is 0.0824. The summed E-state index contributed by atoms with van der Waals surface area (Å²) in [6.07, 6.45) is 3.36. The second-order valence-corrected chi connectivity index (χ2v) is 9.22. The molecule has 1 saturated heterocycles. The van der Waals surface area contributed by atoms with Crippen LogP contribution in [0.5, 0.6) is 0 Å². The van der Waals surface area contributed by atoms with Gasteiger partial charge in [0.05, 0.1) is 0 Å². The van der Waals surface area contributed by atoms with Crippen molar-refractivity contribution in [2.24, 2.45) is 17.8 Å². The van der Waals surface area contributed by atoms with Gasteiger partial charge in [0.15, 0.2) is 0 Å². The molecule has 0 unspecified atom stereocenters. The van der Waals surface area contributed by atoms with Crippen LogP contribution in [-0.4, -0.2) is 49.4 Å². The number of carbonyl (C=O) groups is 2. The number of amides is 2. The number of rotatable bonds is 5. The lowest BCUT2D eigenvalue weighted by Crippen LogP contribution is -2.51. The molecule has 29 heavy (non-hydrogen) atoms. The zero-order valence-electron chi connectivity index (χ0n) is 18.5. The van der Waals surface area contributed by atoms with Crippen molar-refractivity contribution in [3.8, 4) is 0 Å². The van der Waals surface area contributed by atoms with Crippen LogP contribution in [-0.2, 0) is 9.59 Å². The fourth-order valence-electron chi connectivity index (χ4n) is 4.56. The molecule has 0 bridgehead atoms. The number of nitrogens with zero attached hydrogens (tertiary/aromatic N) is 2. The summed E-state index contributed by atoms with van der Waals surface area (Å²) in [7, 11) is 0. The number of aryl methyl sites for hydroxylation is 1. The lowest BCUT2D eigenvalue weighted by molar-refractivity contribution is -0.138. The fourth-order valence-corrected chi connectivity index (χ4v) is 4.56. The predicted octanol–water partition coefficient (Wildman–Crippen LogP) is 3.53. The number of piperazine rings is 1. The Kier molecular flexibility index (Phi) is 7.20. The van der Waals surface area contributed by atoms with Gasteiger partial charge in [-0.1, -0.05) is 26.0 Å². The highest BCUT2D eigenvalue weighted by atomic mass is 16.2. The average molecular weight is 400 g/mol. The Bertz CT molecular complexity index is 715. The zero-order chi connectivity index (χ0) is 21.0. The number of anilines is 1. The van der Waals surface area contributed by atoms with Crippen LogP contribution >= 0.6 is 0 Å². The summed E-state index contributed by atoms with van der Waals surface area (Å²) < 4.78 is 0. The number of nitrogens with one attached hydrogen (secondary N) is 1. The van der Waals surface area contributed by atoms with E-state index in [2.05, 4.69) is 56.1 Å². The van der Waals surface area contributed by atoms with Crippen LogP contribution in [0.25, 0.3) is 0 Å². The molecule has 2 amide bonds. The third kappa shape index (κ3) is 5.31. The quantitative estimate of drug-likeness (QED) is 0.824. The molecule has 2 fully saturated rings. The number of benzene rings is 1. The predicted molar refractivity (Wildman–Crippen MR) is 118 cm³/mol. The lowest BCUT2D eigenvalue weighted by atomic mass is 9.80. The molecule has 0 spiro atoms. The molecule has 0 aromatic heterocycles. The van der Waals surface area contributed by atoms with Gasteiger partial charge in [0.25, 0.3) is 0 Å². The van der Waals surface area contributed by atoms with Gasteiger partial charge in [-0.15, -0.1) is 0 Å². The summed E-state index contributed by atoms with van der Waals surface area (Å²) in [5.74, 6) is 1.12. The highest BCUT2D eigenvalue weighted by molar-refractivity contribution is 5.81. The Morgan fingerprint density at radius 1 is 1.00 bits per heavy atom. The molecule has 1 aromatic rings. The molecule has 5 nitrogen and oxygen atoms in total. The monoisotopic (exact) mass is 399 g/mol. The Morgan fingerprint density at radius 3 is 2.24 bits per heavy atom. The van der Waals surface area contributed by atoms with Crippen molar-refractivity contribution in [1.29, 1.82) is 0 Å². The molecule has 1 saturated carbocycles. The molecule has 1 heterocycles. The van der Waals surface area contributed by atoms with Crippen LogP contribution in [0.3, 0.4) is 0 Å². The number of carbonyl (C=O) groups excluding carboxylic acids is 2. The third-order valence-electron chi connectivity index (χ3n) is 6.64. The van der Waals surface area contributed by atoms with Gasteiger partial charge in [-0.3, -0.25) is 9.59 Å². The third-order valence-corrected chi connectivity index (χ3v) is 6.64. The lowest BCUT2D eigenvalue weighted by Gasteiger charge is -2.39. The first kappa shape index (κ1) is 21.7. The first-order valence-electron chi connectivity index (χ1n) is 11.2. The highest BCUT2D eigenvalue weighted by Crippen LogP contribution is 2.31. The molecular formula is C24H37N3O2. The second kappa shape index (κ2) is 9.64. The first-order chi connectivity index (χ1) is 13.9. The van der Waals surface area contributed by atoms with E-state index in [1.54, 1.807) is 0 Å². The topological polar surface area (TPSA) is 52.7 Å². The molecule has 5 heteroatoms. The van der Waals surface area contributed by atoms with E-state index in [4.69, 9.17) is 0 Å². The molecule has 1 aliphatic heterocycles. The second-order valence-electron chi connectivity index (χ2n) is 9.22. The van der Waals surface area contributed by atoms with Gasteiger partial charge in [0, 0.05) is 50.2 Å². The molecule has 3 rings (SSSR count). The zero-order valence-corrected chi connectivity index (χ0v) is 18.5. The van der Waals surface area contributed by atoms with Gasteiger partial charge in [0.2, 0.25) is 11.8 Å². The first-order valence-corrected chi connectivity index (χ1v) is 11.2. The van der Waals surface area contributed by atoms with Crippen molar-refractivity contribution in [2.45, 2.75) is 53.4 Å². The van der Waals surface area contributed by atoms with E-state index >= 15 is 0 Å². The summed E-state index contributed by atoms with van der Waals surface area (Å²) in [6, 6.07) is 6.45. The van der Waals surface area contributed by atoms with Crippen LogP contribution in [0, 0.1) is 31.6 Å². The summed E-state index contributed by atoms with van der Waals surface area (Å²) in [5, 5.41) is 3.05. The Balaban J connectivity index is 1.47. The van der Waals surface area contributed by atoms with Gasteiger partial charge >= 0.3 is 0 Å². The van der Waals surface area contributed by atoms with E-state index in [-0.39, 0.29) is 17.7 Å². The molecule has 1 aromatic carbocycles. The maximum absolute atomic E-state index is 13.0. The van der Waals surface area contributed by atoms with Crippen molar-refractivity contribution in [2.75, 3.05) is 37.6 Å². The summed E-state index contributed by atoms with van der Waals surface area (Å²) >= 11 is 0. The maximum atomic E-state index is 13.0. The van der Waals surface area contributed by atoms with E-state index in [1.807, 2.05) is 4.90 Å². The van der Waals surface area contributed by atoms with Crippen molar-refractivity contribution in [3.05, 3.63) is 29.3 Å².